The van der Waals surface area contributed by atoms with Crippen molar-refractivity contribution in [3.63, 3.8) is 0 Å². The molecule has 202 valence electrons. The third kappa shape index (κ3) is 7.36. The van der Waals surface area contributed by atoms with Crippen LogP contribution in [0.15, 0.2) is 6.20 Å². The number of carbonyl (C=O) groups is 2. The van der Waals surface area contributed by atoms with Crippen molar-refractivity contribution in [1.82, 2.24) is 19.8 Å². The molecule has 10 heteroatoms. The first-order chi connectivity index (χ1) is 17.4. The van der Waals surface area contributed by atoms with E-state index < -0.39 is 6.29 Å². The molecule has 1 saturated carbocycles. The number of methoxy groups -OCH3 is 3. The van der Waals surface area contributed by atoms with Gasteiger partial charge in [0.15, 0.2) is 12.1 Å². The summed E-state index contributed by atoms with van der Waals surface area (Å²) in [6.45, 7) is 7.05. The summed E-state index contributed by atoms with van der Waals surface area (Å²) < 4.78 is 15.8. The van der Waals surface area contributed by atoms with Crippen molar-refractivity contribution in [2.24, 2.45) is 5.92 Å². The molecule has 2 heterocycles. The quantitative estimate of drug-likeness (QED) is 0.382. The second-order valence-electron chi connectivity index (χ2n) is 9.79. The van der Waals surface area contributed by atoms with Crippen LogP contribution < -0.4 is 5.32 Å². The van der Waals surface area contributed by atoms with Gasteiger partial charge in [0.1, 0.15) is 0 Å². The van der Waals surface area contributed by atoms with Crippen molar-refractivity contribution >= 4 is 17.8 Å². The van der Waals surface area contributed by atoms with Crippen molar-refractivity contribution in [3.05, 3.63) is 17.6 Å². The third-order valence-electron chi connectivity index (χ3n) is 7.67. The summed E-state index contributed by atoms with van der Waals surface area (Å²) >= 11 is 0. The average Bonchev–Trinajstić information content (AvgIpc) is 3.10. The molecular weight excluding hydrogens is 462 g/mol. The molecule has 2 amide bonds. The number of urea groups is 1. The second kappa shape index (κ2) is 13.9. The van der Waals surface area contributed by atoms with E-state index >= 15 is 0 Å². The molecule has 1 unspecified atom stereocenters. The fraction of sp³-hybridized carbons (Fsp3) is 0.769. The summed E-state index contributed by atoms with van der Waals surface area (Å²) in [5.74, 6) is 0.762. The fourth-order valence-corrected chi connectivity index (χ4v) is 5.49. The minimum atomic E-state index is -0.550. The number of fused-ring (bicyclic) bond motifs is 1. The highest BCUT2D eigenvalue weighted by molar-refractivity contribution is 5.88. The highest BCUT2D eigenvalue weighted by Gasteiger charge is 2.36. The minimum Gasteiger partial charge on any atom is -0.469 e. The molecule has 36 heavy (non-hydrogen) atoms. The van der Waals surface area contributed by atoms with E-state index in [1.165, 1.54) is 7.11 Å². The molecule has 1 aliphatic heterocycles. The van der Waals surface area contributed by atoms with Crippen LogP contribution in [-0.4, -0.2) is 91.1 Å². The van der Waals surface area contributed by atoms with Gasteiger partial charge in [0.25, 0.3) is 0 Å². The van der Waals surface area contributed by atoms with E-state index in [1.807, 2.05) is 11.8 Å². The number of hydrogen-bond donors (Lipinski definition) is 1. The topological polar surface area (TPSA) is 106 Å². The number of rotatable bonds is 10. The van der Waals surface area contributed by atoms with Gasteiger partial charge in [0.2, 0.25) is 0 Å². The normalized spacial score (nSPS) is 21.4. The first-order valence-electron chi connectivity index (χ1n) is 13.2. The van der Waals surface area contributed by atoms with E-state index in [2.05, 4.69) is 22.1 Å². The lowest BCUT2D eigenvalue weighted by Gasteiger charge is -2.41. The number of carbonyl (C=O) groups excluding carboxylic acids is 2. The van der Waals surface area contributed by atoms with Crippen LogP contribution in [-0.2, 0) is 31.8 Å². The maximum atomic E-state index is 13.6. The molecule has 1 aromatic heterocycles. The van der Waals surface area contributed by atoms with Crippen LogP contribution >= 0.6 is 0 Å². The zero-order valence-electron chi connectivity index (χ0n) is 22.5. The standard InChI is InChI=1S/C26H43N5O5/c1-6-30-15-13-21-22(14-16-30)28-23(17-27-21)29-26(33)31(18(2)25(35-4)36-5)20-10-7-19(8-11-20)9-12-24(32)34-3/h17-20,25H,6-16H2,1-5H3,(H,28,29,33). The summed E-state index contributed by atoms with van der Waals surface area (Å²) in [4.78, 5) is 38.8. The minimum absolute atomic E-state index is 0.0362. The second-order valence-corrected chi connectivity index (χ2v) is 9.79. The first kappa shape index (κ1) is 28.3. The number of aromatic nitrogens is 2. The molecule has 1 fully saturated rings. The monoisotopic (exact) mass is 505 g/mol. The molecule has 3 rings (SSSR count). The van der Waals surface area contributed by atoms with E-state index in [4.69, 9.17) is 19.2 Å². The number of likely N-dealkylation sites (N-methyl/N-ethyl adjacent to an activating group) is 1. The summed E-state index contributed by atoms with van der Waals surface area (Å²) in [6, 6.07) is -0.490. The van der Waals surface area contributed by atoms with Gasteiger partial charge in [-0.25, -0.2) is 9.78 Å². The van der Waals surface area contributed by atoms with Gasteiger partial charge in [-0.2, -0.15) is 0 Å². The number of nitrogens with zero attached hydrogens (tertiary/aromatic N) is 4. The van der Waals surface area contributed by atoms with Gasteiger partial charge in [-0.1, -0.05) is 6.92 Å². The molecule has 1 aromatic rings. The summed E-state index contributed by atoms with van der Waals surface area (Å²) in [7, 11) is 4.59. The lowest BCUT2D eigenvalue weighted by Crippen LogP contribution is -2.54. The molecule has 0 radical (unpaired) electrons. The Hall–Kier alpha value is -2.30. The van der Waals surface area contributed by atoms with Crippen LogP contribution in [0.25, 0.3) is 0 Å². The Morgan fingerprint density at radius 3 is 2.39 bits per heavy atom. The van der Waals surface area contributed by atoms with Crippen molar-refractivity contribution < 1.29 is 23.8 Å². The molecule has 1 atom stereocenters. The largest absolute Gasteiger partial charge is 0.469 e. The Labute approximate surface area is 215 Å². The van der Waals surface area contributed by atoms with Crippen LogP contribution in [0.2, 0.25) is 0 Å². The van der Waals surface area contributed by atoms with Gasteiger partial charge < -0.3 is 24.0 Å². The van der Waals surface area contributed by atoms with Gasteiger partial charge in [0, 0.05) is 52.6 Å². The maximum Gasteiger partial charge on any atom is 0.323 e. The SMILES string of the molecule is CCN1CCc2ncc(NC(=O)N(C3CCC(CCC(=O)OC)CC3)C(C)C(OC)OC)nc2CC1. The van der Waals surface area contributed by atoms with Crippen LogP contribution in [0.5, 0.6) is 0 Å². The Balaban J connectivity index is 1.70. The van der Waals surface area contributed by atoms with Crippen molar-refractivity contribution in [2.75, 3.05) is 46.3 Å². The van der Waals surface area contributed by atoms with Gasteiger partial charge in [-0.3, -0.25) is 15.1 Å². The average molecular weight is 506 g/mol. The summed E-state index contributed by atoms with van der Waals surface area (Å²) in [6.07, 6.45) is 7.68. The molecular formula is C26H43N5O5. The first-order valence-corrected chi connectivity index (χ1v) is 13.2. The van der Waals surface area contributed by atoms with Crippen molar-refractivity contribution in [2.45, 2.75) is 83.6 Å². The van der Waals surface area contributed by atoms with E-state index in [-0.39, 0.29) is 24.1 Å². The van der Waals surface area contributed by atoms with Crippen molar-refractivity contribution in [1.29, 1.82) is 0 Å². The van der Waals surface area contributed by atoms with Crippen LogP contribution in [0, 0.1) is 5.92 Å². The number of ether oxygens (including phenoxy) is 3. The number of anilines is 1. The Morgan fingerprint density at radius 1 is 1.11 bits per heavy atom. The van der Waals surface area contributed by atoms with Gasteiger partial charge in [-0.15, -0.1) is 0 Å². The molecule has 2 aliphatic rings. The van der Waals surface area contributed by atoms with E-state index in [9.17, 15) is 9.59 Å². The van der Waals surface area contributed by atoms with E-state index in [0.29, 0.717) is 18.2 Å². The van der Waals surface area contributed by atoms with Crippen LogP contribution in [0.3, 0.4) is 0 Å². The van der Waals surface area contributed by atoms with E-state index in [1.54, 1.807) is 20.4 Å². The fourth-order valence-electron chi connectivity index (χ4n) is 5.49. The van der Waals surface area contributed by atoms with E-state index in [0.717, 1.165) is 76.0 Å². The van der Waals surface area contributed by atoms with Crippen LogP contribution in [0.4, 0.5) is 10.6 Å². The van der Waals surface area contributed by atoms with Gasteiger partial charge >= 0.3 is 12.0 Å². The smallest absolute Gasteiger partial charge is 0.323 e. The maximum absolute atomic E-state index is 13.6. The molecule has 1 aliphatic carbocycles. The van der Waals surface area contributed by atoms with Crippen LogP contribution in [0.1, 0.15) is 63.8 Å². The predicted octanol–water partition coefficient (Wildman–Crippen LogP) is 3.25. The van der Waals surface area contributed by atoms with Crippen molar-refractivity contribution in [3.8, 4) is 0 Å². The van der Waals surface area contributed by atoms with Gasteiger partial charge in [0.05, 0.1) is 30.7 Å². The molecule has 0 spiro atoms. The molecule has 0 saturated heterocycles. The molecule has 0 aromatic carbocycles. The zero-order valence-corrected chi connectivity index (χ0v) is 22.5. The highest BCUT2D eigenvalue weighted by Crippen LogP contribution is 2.32. The summed E-state index contributed by atoms with van der Waals surface area (Å²) in [5, 5.41) is 3.01. The number of esters is 1. The number of nitrogens with one attached hydrogen (secondary N) is 1. The Morgan fingerprint density at radius 2 is 1.78 bits per heavy atom. The van der Waals surface area contributed by atoms with Gasteiger partial charge in [-0.05, 0) is 51.5 Å². The lowest BCUT2D eigenvalue weighted by molar-refractivity contribution is -0.142. The highest BCUT2D eigenvalue weighted by atomic mass is 16.7. The molecule has 1 N–H and O–H groups in total. The summed E-state index contributed by atoms with van der Waals surface area (Å²) in [5.41, 5.74) is 1.97. The molecule has 10 nitrogen and oxygen atoms in total. The third-order valence-corrected chi connectivity index (χ3v) is 7.67. The lowest BCUT2D eigenvalue weighted by atomic mass is 9.82. The predicted molar refractivity (Wildman–Crippen MR) is 137 cm³/mol. The molecule has 0 bridgehead atoms. The number of amides is 2. The Bertz CT molecular complexity index is 857. The zero-order chi connectivity index (χ0) is 26.1. The Kier molecular flexibility index (Phi) is 10.9. The number of hydrogen-bond acceptors (Lipinski definition) is 8.